The highest BCUT2D eigenvalue weighted by molar-refractivity contribution is 9.10. The fourth-order valence-electron chi connectivity index (χ4n) is 1.72. The van der Waals surface area contributed by atoms with Gasteiger partial charge in [0, 0.05) is 0 Å². The molecule has 6 nitrogen and oxygen atoms in total. The van der Waals surface area contributed by atoms with Crippen molar-refractivity contribution in [2.75, 3.05) is 20.8 Å². The Bertz CT molecular complexity index is 655. The summed E-state index contributed by atoms with van der Waals surface area (Å²) in [6.07, 6.45) is 0. The Morgan fingerprint density at radius 3 is 2.52 bits per heavy atom. The first-order chi connectivity index (χ1) is 10.1. The summed E-state index contributed by atoms with van der Waals surface area (Å²) >= 11 is 9.34. The van der Waals surface area contributed by atoms with Crippen LogP contribution in [0.5, 0.6) is 17.5 Å². The molecule has 0 spiro atoms. The smallest absolute Gasteiger partial charge is 0.321 e. The molecule has 0 saturated carbocycles. The van der Waals surface area contributed by atoms with E-state index in [1.54, 1.807) is 26.4 Å². The van der Waals surface area contributed by atoms with Crippen molar-refractivity contribution in [2.24, 2.45) is 0 Å². The molecule has 0 atom stereocenters. The van der Waals surface area contributed by atoms with Crippen LogP contribution in [0.1, 0.15) is 6.92 Å². The van der Waals surface area contributed by atoms with E-state index in [2.05, 4.69) is 30.9 Å². The van der Waals surface area contributed by atoms with Crippen LogP contribution < -0.4 is 14.2 Å². The third-order valence-electron chi connectivity index (χ3n) is 2.59. The molecule has 8 heteroatoms. The maximum atomic E-state index is 5.91. The lowest BCUT2D eigenvalue weighted by Gasteiger charge is -2.13. The van der Waals surface area contributed by atoms with Gasteiger partial charge < -0.3 is 14.2 Å². The molecule has 0 aliphatic rings. The third kappa shape index (κ3) is 3.36. The zero-order chi connectivity index (χ0) is 15.4. The quantitative estimate of drug-likeness (QED) is 0.799. The zero-order valence-corrected chi connectivity index (χ0v) is 14.0. The van der Waals surface area contributed by atoms with Crippen LogP contribution in [0.15, 0.2) is 16.6 Å². The normalized spacial score (nSPS) is 10.3. The van der Waals surface area contributed by atoms with E-state index in [9.17, 15) is 0 Å². The Balaban J connectivity index is 2.58. The van der Waals surface area contributed by atoms with Crippen LogP contribution in [0.25, 0.3) is 11.4 Å². The van der Waals surface area contributed by atoms with Gasteiger partial charge >= 0.3 is 6.01 Å². The largest absolute Gasteiger partial charge is 0.495 e. The molecule has 2 aromatic rings. The molecule has 0 unspecified atom stereocenters. The Kier molecular flexibility index (Phi) is 5.19. The maximum Gasteiger partial charge on any atom is 0.321 e. The summed E-state index contributed by atoms with van der Waals surface area (Å²) in [6, 6.07) is 3.73. The van der Waals surface area contributed by atoms with E-state index < -0.39 is 0 Å². The number of hydrogen-bond acceptors (Lipinski definition) is 6. The molecule has 0 bridgehead atoms. The minimum atomic E-state index is 0.0532. The van der Waals surface area contributed by atoms with Crippen molar-refractivity contribution >= 4 is 27.5 Å². The maximum absolute atomic E-state index is 5.91. The first-order valence-corrected chi connectivity index (χ1v) is 7.23. The molecule has 2 rings (SSSR count). The van der Waals surface area contributed by atoms with Gasteiger partial charge in [-0.25, -0.2) is 0 Å². The Morgan fingerprint density at radius 1 is 1.14 bits per heavy atom. The second-order valence-electron chi connectivity index (χ2n) is 3.81. The predicted molar refractivity (Wildman–Crippen MR) is 82.2 cm³/mol. The van der Waals surface area contributed by atoms with Gasteiger partial charge in [-0.2, -0.15) is 15.0 Å². The minimum absolute atomic E-state index is 0.0532. The summed E-state index contributed by atoms with van der Waals surface area (Å²) in [5, 5.41) is 0.0532. The highest BCUT2D eigenvalue weighted by Crippen LogP contribution is 2.41. The molecule has 0 fully saturated rings. The topological polar surface area (TPSA) is 66.4 Å². The van der Waals surface area contributed by atoms with Crippen molar-refractivity contribution in [3.8, 4) is 28.9 Å². The lowest BCUT2D eigenvalue weighted by Crippen LogP contribution is -2.02. The summed E-state index contributed by atoms with van der Waals surface area (Å²) in [5.74, 6) is 1.54. The van der Waals surface area contributed by atoms with Gasteiger partial charge in [-0.15, -0.1) is 0 Å². The van der Waals surface area contributed by atoms with E-state index in [1.165, 1.54) is 0 Å². The molecule has 0 aliphatic carbocycles. The van der Waals surface area contributed by atoms with Crippen LogP contribution in [0.3, 0.4) is 0 Å². The van der Waals surface area contributed by atoms with Crippen LogP contribution in [0.2, 0.25) is 5.28 Å². The zero-order valence-electron chi connectivity index (χ0n) is 11.7. The van der Waals surface area contributed by atoms with Gasteiger partial charge in [-0.05, 0) is 46.6 Å². The second-order valence-corrected chi connectivity index (χ2v) is 4.94. The van der Waals surface area contributed by atoms with Crippen molar-refractivity contribution in [2.45, 2.75) is 6.92 Å². The molecule has 0 aliphatic heterocycles. The van der Waals surface area contributed by atoms with Crippen LogP contribution in [0.4, 0.5) is 0 Å². The Labute approximate surface area is 135 Å². The summed E-state index contributed by atoms with van der Waals surface area (Å²) in [7, 11) is 3.13. The summed E-state index contributed by atoms with van der Waals surface area (Å²) < 4.78 is 16.6. The molecular formula is C13H13BrClN3O3. The third-order valence-corrected chi connectivity index (χ3v) is 3.51. The van der Waals surface area contributed by atoms with E-state index in [0.29, 0.717) is 34.0 Å². The van der Waals surface area contributed by atoms with Crippen LogP contribution in [-0.2, 0) is 0 Å². The van der Waals surface area contributed by atoms with E-state index in [0.717, 1.165) is 0 Å². The van der Waals surface area contributed by atoms with Crippen LogP contribution in [-0.4, -0.2) is 35.8 Å². The lowest BCUT2D eigenvalue weighted by molar-refractivity contribution is 0.312. The van der Waals surface area contributed by atoms with Gasteiger partial charge in [0.25, 0.3) is 0 Å². The number of hydrogen-bond donors (Lipinski definition) is 0. The van der Waals surface area contributed by atoms with Crippen molar-refractivity contribution in [1.29, 1.82) is 0 Å². The minimum Gasteiger partial charge on any atom is -0.495 e. The van der Waals surface area contributed by atoms with Crippen LogP contribution in [0, 0.1) is 0 Å². The van der Waals surface area contributed by atoms with Gasteiger partial charge in [-0.3, -0.25) is 0 Å². The molecule has 21 heavy (non-hydrogen) atoms. The van der Waals surface area contributed by atoms with E-state index in [-0.39, 0.29) is 11.3 Å². The molecule has 112 valence electrons. The van der Waals surface area contributed by atoms with Gasteiger partial charge in [0.15, 0.2) is 5.82 Å². The highest BCUT2D eigenvalue weighted by Gasteiger charge is 2.18. The number of nitrogens with zero attached hydrogens (tertiary/aromatic N) is 3. The second kappa shape index (κ2) is 6.91. The number of methoxy groups -OCH3 is 2. The monoisotopic (exact) mass is 373 g/mol. The molecule has 1 aromatic heterocycles. The van der Waals surface area contributed by atoms with Crippen molar-refractivity contribution in [1.82, 2.24) is 15.0 Å². The summed E-state index contributed by atoms with van der Waals surface area (Å²) in [5.41, 5.74) is 0.649. The standard InChI is InChI=1S/C13H13BrClN3O3/c1-4-21-13-17-11(16-12(15)18-13)7-5-6-8(19-2)9(14)10(7)20-3/h5-6H,4H2,1-3H3. The Morgan fingerprint density at radius 2 is 1.90 bits per heavy atom. The SMILES string of the molecule is CCOc1nc(Cl)nc(-c2ccc(OC)c(Br)c2OC)n1. The van der Waals surface area contributed by atoms with E-state index in [1.807, 2.05) is 6.92 Å². The number of benzene rings is 1. The van der Waals surface area contributed by atoms with Crippen LogP contribution >= 0.6 is 27.5 Å². The number of aromatic nitrogens is 3. The molecule has 0 amide bonds. The average Bonchev–Trinajstić information content (AvgIpc) is 2.46. The lowest BCUT2D eigenvalue weighted by atomic mass is 10.2. The summed E-state index contributed by atoms with van der Waals surface area (Å²) in [4.78, 5) is 12.2. The Hall–Kier alpha value is -1.60. The van der Waals surface area contributed by atoms with Gasteiger partial charge in [-0.1, -0.05) is 0 Å². The highest BCUT2D eigenvalue weighted by atomic mass is 79.9. The number of halogens is 2. The van der Waals surface area contributed by atoms with Gasteiger partial charge in [0.05, 0.1) is 26.4 Å². The van der Waals surface area contributed by atoms with Crippen molar-refractivity contribution in [3.63, 3.8) is 0 Å². The summed E-state index contributed by atoms with van der Waals surface area (Å²) in [6.45, 7) is 2.27. The average molecular weight is 375 g/mol. The first kappa shape index (κ1) is 15.8. The van der Waals surface area contributed by atoms with E-state index >= 15 is 0 Å². The number of ether oxygens (including phenoxy) is 3. The van der Waals surface area contributed by atoms with E-state index in [4.69, 9.17) is 25.8 Å². The molecule has 1 heterocycles. The fourth-order valence-corrected chi connectivity index (χ4v) is 2.54. The molecule has 0 radical (unpaired) electrons. The van der Waals surface area contributed by atoms with Crippen molar-refractivity contribution in [3.05, 3.63) is 21.9 Å². The fraction of sp³-hybridized carbons (Fsp3) is 0.308. The van der Waals surface area contributed by atoms with Gasteiger partial charge in [0.1, 0.15) is 16.0 Å². The van der Waals surface area contributed by atoms with Crippen molar-refractivity contribution < 1.29 is 14.2 Å². The predicted octanol–water partition coefficient (Wildman–Crippen LogP) is 3.37. The first-order valence-electron chi connectivity index (χ1n) is 6.05. The molecule has 0 N–H and O–H groups in total. The van der Waals surface area contributed by atoms with Gasteiger partial charge in [0.2, 0.25) is 5.28 Å². The molecular weight excluding hydrogens is 362 g/mol. The molecule has 1 aromatic carbocycles. The molecule has 0 saturated heterocycles. The number of rotatable bonds is 5.